The van der Waals surface area contributed by atoms with E-state index in [1.165, 1.54) is 6.07 Å². The van der Waals surface area contributed by atoms with E-state index < -0.39 is 0 Å². The van der Waals surface area contributed by atoms with Gasteiger partial charge in [0.15, 0.2) is 9.95 Å². The molecule has 0 amide bonds. The summed E-state index contributed by atoms with van der Waals surface area (Å²) >= 11 is 0. The van der Waals surface area contributed by atoms with Crippen molar-refractivity contribution < 1.29 is 0 Å². The maximum absolute atomic E-state index is 8.90. The molecule has 0 saturated heterocycles. The van der Waals surface area contributed by atoms with E-state index in [-0.39, 0.29) is 0 Å². The number of rotatable bonds is 1. The van der Waals surface area contributed by atoms with E-state index in [2.05, 4.69) is 9.95 Å². The van der Waals surface area contributed by atoms with Crippen molar-refractivity contribution in [3.8, 4) is 11.1 Å². The summed E-state index contributed by atoms with van der Waals surface area (Å²) in [4.78, 5) is 6.23. The van der Waals surface area contributed by atoms with Gasteiger partial charge in [-0.3, -0.25) is 0 Å². The molecule has 0 N–H and O–H groups in total. The van der Waals surface area contributed by atoms with Crippen molar-refractivity contribution in [3.63, 3.8) is 0 Å². The average Bonchev–Trinajstić information content (AvgIpc) is 2.39. The summed E-state index contributed by atoms with van der Waals surface area (Å²) in [5.74, 6) is 0. The fourth-order valence-electron chi connectivity index (χ4n) is 1.53. The number of diazo groups is 2. The highest BCUT2D eigenvalue weighted by molar-refractivity contribution is 5.81. The van der Waals surface area contributed by atoms with Crippen LogP contribution >= 0.6 is 0 Å². The molecular weight excluding hydrogens is 200 g/mol. The summed E-state index contributed by atoms with van der Waals surface area (Å²) in [7, 11) is 0. The predicted octanol–water partition coefficient (Wildman–Crippen LogP) is 4.32. The average molecular weight is 208 g/mol. The van der Waals surface area contributed by atoms with Gasteiger partial charge in [-0.25, -0.2) is 0 Å². The Hall–Kier alpha value is -2.72. The third-order valence-corrected chi connectivity index (χ3v) is 2.29. The molecule has 0 saturated carbocycles. The lowest BCUT2D eigenvalue weighted by atomic mass is 10.0. The summed E-state index contributed by atoms with van der Waals surface area (Å²) in [6.45, 7) is 0. The number of nitrogens with zero attached hydrogens (tertiary/aromatic N) is 4. The Morgan fingerprint density at radius 3 is 2.19 bits per heavy atom. The SMILES string of the molecule is N#[N+]c1ccc(-c2ccccc2)c([N+]#N)c1. The van der Waals surface area contributed by atoms with Crippen LogP contribution in [-0.4, -0.2) is 0 Å². The molecule has 0 radical (unpaired) electrons. The predicted molar refractivity (Wildman–Crippen MR) is 61.4 cm³/mol. The summed E-state index contributed by atoms with van der Waals surface area (Å²) in [6.07, 6.45) is 0. The van der Waals surface area contributed by atoms with Gasteiger partial charge in [-0.05, 0) is 11.6 Å². The zero-order valence-corrected chi connectivity index (χ0v) is 8.41. The van der Waals surface area contributed by atoms with E-state index in [1.54, 1.807) is 12.1 Å². The summed E-state index contributed by atoms with van der Waals surface area (Å²) in [6, 6.07) is 14.5. The number of benzene rings is 2. The molecule has 0 fully saturated rings. The van der Waals surface area contributed by atoms with Crippen LogP contribution in [0.25, 0.3) is 21.1 Å². The summed E-state index contributed by atoms with van der Waals surface area (Å²) in [5.41, 5.74) is 2.46. The molecule has 0 bridgehead atoms. The van der Waals surface area contributed by atoms with Gasteiger partial charge in [0.25, 0.3) is 0 Å². The normalized spacial score (nSPS) is 9.12. The van der Waals surface area contributed by atoms with Gasteiger partial charge in [0.05, 0.1) is 5.56 Å². The Balaban J connectivity index is 2.60. The van der Waals surface area contributed by atoms with E-state index in [4.69, 9.17) is 10.8 Å². The van der Waals surface area contributed by atoms with Crippen molar-refractivity contribution in [2.75, 3.05) is 0 Å². The van der Waals surface area contributed by atoms with Crippen LogP contribution in [0.3, 0.4) is 0 Å². The smallest absolute Gasteiger partial charge is 0.0622 e. The van der Waals surface area contributed by atoms with Crippen molar-refractivity contribution >= 4 is 11.4 Å². The molecule has 0 heterocycles. The first kappa shape index (κ1) is 9.82. The molecule has 0 atom stereocenters. The van der Waals surface area contributed by atoms with Crippen molar-refractivity contribution in [1.29, 1.82) is 10.8 Å². The molecular formula is C12H8N4+2. The lowest BCUT2D eigenvalue weighted by molar-refractivity contribution is 1.44. The Labute approximate surface area is 92.4 Å². The molecule has 4 nitrogen and oxygen atoms in total. The highest BCUT2D eigenvalue weighted by Gasteiger charge is 2.20. The van der Waals surface area contributed by atoms with Crippen LogP contribution in [0.4, 0.5) is 11.4 Å². The van der Waals surface area contributed by atoms with Crippen molar-refractivity contribution in [2.24, 2.45) is 0 Å². The number of hydrogen-bond acceptors (Lipinski definition) is 2. The van der Waals surface area contributed by atoms with Crippen molar-refractivity contribution in [2.45, 2.75) is 0 Å². The first-order valence-electron chi connectivity index (χ1n) is 4.75. The molecule has 2 rings (SSSR count). The van der Waals surface area contributed by atoms with Gasteiger partial charge >= 0.3 is 11.4 Å². The van der Waals surface area contributed by atoms with Crippen molar-refractivity contribution in [1.82, 2.24) is 0 Å². The maximum Gasteiger partial charge on any atom is 0.400 e. The minimum atomic E-state index is 0.354. The van der Waals surface area contributed by atoms with E-state index in [0.717, 1.165) is 11.1 Å². The molecule has 0 aliphatic rings. The minimum Gasteiger partial charge on any atom is -0.0622 e. The first-order valence-corrected chi connectivity index (χ1v) is 4.75. The zero-order valence-electron chi connectivity index (χ0n) is 8.41. The Kier molecular flexibility index (Phi) is 2.58. The Morgan fingerprint density at radius 1 is 0.812 bits per heavy atom. The molecule has 0 aliphatic carbocycles. The third kappa shape index (κ3) is 1.73. The van der Waals surface area contributed by atoms with E-state index in [1.807, 2.05) is 30.3 Å². The fraction of sp³-hybridized carbons (Fsp3) is 0. The van der Waals surface area contributed by atoms with Gasteiger partial charge in [-0.2, -0.15) is 0 Å². The maximum atomic E-state index is 8.90. The highest BCUT2D eigenvalue weighted by atomic mass is 14.9. The summed E-state index contributed by atoms with van der Waals surface area (Å²) < 4.78 is 0. The van der Waals surface area contributed by atoms with Crippen LogP contribution in [0, 0.1) is 10.8 Å². The molecule has 4 heteroatoms. The van der Waals surface area contributed by atoms with Gasteiger partial charge < -0.3 is 0 Å². The van der Waals surface area contributed by atoms with Crippen LogP contribution in [-0.2, 0) is 0 Å². The van der Waals surface area contributed by atoms with E-state index in [9.17, 15) is 0 Å². The van der Waals surface area contributed by atoms with Gasteiger partial charge in [-0.15, -0.1) is 0 Å². The molecule has 0 unspecified atom stereocenters. The lowest BCUT2D eigenvalue weighted by Crippen LogP contribution is -1.76. The fourth-order valence-corrected chi connectivity index (χ4v) is 1.53. The molecule has 0 aromatic heterocycles. The van der Waals surface area contributed by atoms with E-state index in [0.29, 0.717) is 11.4 Å². The van der Waals surface area contributed by atoms with Gasteiger partial charge in [0.1, 0.15) is 6.07 Å². The van der Waals surface area contributed by atoms with Crippen LogP contribution in [0.1, 0.15) is 0 Å². The van der Waals surface area contributed by atoms with Gasteiger partial charge in [-0.1, -0.05) is 30.3 Å². The van der Waals surface area contributed by atoms with Crippen LogP contribution < -0.4 is 0 Å². The molecule has 0 aliphatic heterocycles. The summed E-state index contributed by atoms with van der Waals surface area (Å²) in [5, 5.41) is 17.5. The largest absolute Gasteiger partial charge is 0.400 e. The zero-order chi connectivity index (χ0) is 11.4. The van der Waals surface area contributed by atoms with E-state index >= 15 is 0 Å². The second-order valence-corrected chi connectivity index (χ2v) is 3.27. The Morgan fingerprint density at radius 2 is 1.56 bits per heavy atom. The standard InChI is InChI=1S/C12H8N4/c13-15-10-6-7-11(12(8-10)16-14)9-4-2-1-3-5-9/h1-8H/q+2. The lowest BCUT2D eigenvalue weighted by Gasteiger charge is -1.95. The van der Waals surface area contributed by atoms with Crippen molar-refractivity contribution in [3.05, 3.63) is 58.5 Å². The molecule has 2 aromatic carbocycles. The topological polar surface area (TPSA) is 56.3 Å². The molecule has 16 heavy (non-hydrogen) atoms. The quantitative estimate of drug-likeness (QED) is 0.655. The monoisotopic (exact) mass is 208 g/mol. The minimum absolute atomic E-state index is 0.354. The molecule has 0 spiro atoms. The molecule has 74 valence electrons. The van der Waals surface area contributed by atoms with Gasteiger partial charge in [0.2, 0.25) is 10.8 Å². The molecule has 2 aromatic rings. The highest BCUT2D eigenvalue weighted by Crippen LogP contribution is 2.33. The third-order valence-electron chi connectivity index (χ3n) is 2.29. The second-order valence-electron chi connectivity index (χ2n) is 3.27. The second kappa shape index (κ2) is 4.20. The Bertz CT molecular complexity index is 591. The van der Waals surface area contributed by atoms with Crippen LogP contribution in [0.5, 0.6) is 0 Å². The first-order chi connectivity index (χ1) is 7.85. The van der Waals surface area contributed by atoms with Crippen LogP contribution in [0.15, 0.2) is 48.5 Å². The van der Waals surface area contributed by atoms with Gasteiger partial charge in [0, 0.05) is 6.07 Å². The van der Waals surface area contributed by atoms with Crippen LogP contribution in [0.2, 0.25) is 0 Å². The number of hydrogen-bond donors (Lipinski definition) is 0.